The van der Waals surface area contributed by atoms with Crippen LogP contribution in [0.2, 0.25) is 0 Å². The SMILES string of the molecule is CC1CCCC(NC(=O)CSCc2cc(=O)n(C)c(=O)n2C)C1C. The summed E-state index contributed by atoms with van der Waals surface area (Å²) in [4.78, 5) is 35.7. The lowest BCUT2D eigenvalue weighted by molar-refractivity contribution is -0.119. The minimum Gasteiger partial charge on any atom is -0.352 e. The minimum absolute atomic E-state index is 0.0276. The van der Waals surface area contributed by atoms with Crippen molar-refractivity contribution >= 4 is 17.7 Å². The van der Waals surface area contributed by atoms with Gasteiger partial charge in [0, 0.05) is 37.7 Å². The summed E-state index contributed by atoms with van der Waals surface area (Å²) < 4.78 is 2.53. The lowest BCUT2D eigenvalue weighted by Gasteiger charge is -2.34. The van der Waals surface area contributed by atoms with Crippen molar-refractivity contribution in [1.29, 1.82) is 0 Å². The predicted octanol–water partition coefficient (Wildman–Crippen LogP) is 1.26. The maximum atomic E-state index is 12.2. The average molecular weight is 353 g/mol. The largest absolute Gasteiger partial charge is 0.352 e. The summed E-state index contributed by atoms with van der Waals surface area (Å²) in [5.41, 5.74) is -0.0173. The fourth-order valence-corrected chi connectivity index (χ4v) is 4.06. The molecular weight excluding hydrogens is 326 g/mol. The molecule has 7 heteroatoms. The molecule has 0 radical (unpaired) electrons. The third kappa shape index (κ3) is 4.32. The van der Waals surface area contributed by atoms with Gasteiger partial charge in [0.05, 0.1) is 5.75 Å². The molecule has 0 saturated heterocycles. The van der Waals surface area contributed by atoms with Gasteiger partial charge in [-0.15, -0.1) is 11.8 Å². The molecule has 1 amide bonds. The van der Waals surface area contributed by atoms with Gasteiger partial charge in [-0.3, -0.25) is 18.7 Å². The van der Waals surface area contributed by atoms with Crippen LogP contribution >= 0.6 is 11.8 Å². The van der Waals surface area contributed by atoms with Gasteiger partial charge in [-0.05, 0) is 18.3 Å². The van der Waals surface area contributed by atoms with Gasteiger partial charge >= 0.3 is 5.69 Å². The van der Waals surface area contributed by atoms with Crippen molar-refractivity contribution in [3.05, 3.63) is 32.6 Å². The van der Waals surface area contributed by atoms with Crippen molar-refractivity contribution in [2.24, 2.45) is 25.9 Å². The number of nitrogens with zero attached hydrogens (tertiary/aromatic N) is 2. The quantitative estimate of drug-likeness (QED) is 0.865. The predicted molar refractivity (Wildman–Crippen MR) is 97.2 cm³/mol. The van der Waals surface area contributed by atoms with Crippen LogP contribution in [0.1, 0.15) is 38.8 Å². The van der Waals surface area contributed by atoms with Gasteiger partial charge in [0.15, 0.2) is 0 Å². The van der Waals surface area contributed by atoms with Crippen LogP contribution in [-0.2, 0) is 24.6 Å². The third-order valence-corrected chi connectivity index (χ3v) is 6.13. The Morgan fingerprint density at radius 2 is 1.96 bits per heavy atom. The van der Waals surface area contributed by atoms with E-state index in [4.69, 9.17) is 0 Å². The summed E-state index contributed by atoms with van der Waals surface area (Å²) in [5, 5.41) is 3.14. The normalized spacial score (nSPS) is 23.9. The molecule has 0 bridgehead atoms. The van der Waals surface area contributed by atoms with E-state index in [0.717, 1.165) is 11.0 Å². The zero-order valence-corrected chi connectivity index (χ0v) is 15.7. The second-order valence-corrected chi connectivity index (χ2v) is 7.79. The van der Waals surface area contributed by atoms with Crippen molar-refractivity contribution in [1.82, 2.24) is 14.5 Å². The maximum absolute atomic E-state index is 12.2. The highest BCUT2D eigenvalue weighted by atomic mass is 32.2. The van der Waals surface area contributed by atoms with Crippen molar-refractivity contribution in [3.8, 4) is 0 Å². The Labute approximate surface area is 146 Å². The molecule has 1 heterocycles. The molecule has 1 aliphatic carbocycles. The van der Waals surface area contributed by atoms with E-state index in [1.54, 1.807) is 7.05 Å². The zero-order chi connectivity index (χ0) is 17.9. The fourth-order valence-electron chi connectivity index (χ4n) is 3.20. The van der Waals surface area contributed by atoms with Gasteiger partial charge in [0.2, 0.25) is 5.91 Å². The van der Waals surface area contributed by atoms with Gasteiger partial charge in [0.1, 0.15) is 0 Å². The minimum atomic E-state index is -0.340. The molecule has 24 heavy (non-hydrogen) atoms. The van der Waals surface area contributed by atoms with Crippen molar-refractivity contribution in [2.45, 2.75) is 44.9 Å². The van der Waals surface area contributed by atoms with Crippen molar-refractivity contribution in [2.75, 3.05) is 5.75 Å². The van der Waals surface area contributed by atoms with E-state index in [2.05, 4.69) is 19.2 Å². The molecule has 2 rings (SSSR count). The van der Waals surface area contributed by atoms with Crippen LogP contribution in [0.5, 0.6) is 0 Å². The molecule has 3 unspecified atom stereocenters. The summed E-state index contributed by atoms with van der Waals surface area (Å²) in [7, 11) is 3.10. The van der Waals surface area contributed by atoms with E-state index in [9.17, 15) is 14.4 Å². The topological polar surface area (TPSA) is 73.1 Å². The monoisotopic (exact) mass is 353 g/mol. The number of amides is 1. The Kier molecular flexibility index (Phi) is 6.32. The molecule has 1 aliphatic rings. The molecule has 1 fully saturated rings. The smallest absolute Gasteiger partial charge is 0.330 e. The van der Waals surface area contributed by atoms with Crippen molar-refractivity contribution in [3.63, 3.8) is 0 Å². The standard InChI is InChI=1S/C17H27N3O3S/c1-11-6-5-7-14(12(11)2)18-15(21)10-24-9-13-8-16(22)20(4)17(23)19(13)3/h8,11-12,14H,5-7,9-10H2,1-4H3,(H,18,21). The van der Waals surface area contributed by atoms with E-state index in [1.165, 1.54) is 42.3 Å². The van der Waals surface area contributed by atoms with Gasteiger partial charge in [-0.2, -0.15) is 0 Å². The third-order valence-electron chi connectivity index (χ3n) is 5.16. The van der Waals surface area contributed by atoms with Gasteiger partial charge in [-0.25, -0.2) is 4.79 Å². The lowest BCUT2D eigenvalue weighted by Crippen LogP contribution is -2.44. The first-order chi connectivity index (χ1) is 11.3. The lowest BCUT2D eigenvalue weighted by atomic mass is 9.78. The number of aromatic nitrogens is 2. The molecule has 0 aliphatic heterocycles. The van der Waals surface area contributed by atoms with Crippen LogP contribution in [0.15, 0.2) is 15.7 Å². The average Bonchev–Trinajstić information content (AvgIpc) is 2.54. The number of hydrogen-bond donors (Lipinski definition) is 1. The Morgan fingerprint density at radius 1 is 1.25 bits per heavy atom. The Morgan fingerprint density at radius 3 is 2.67 bits per heavy atom. The molecule has 6 nitrogen and oxygen atoms in total. The molecule has 0 spiro atoms. The molecule has 1 aromatic heterocycles. The summed E-state index contributed by atoms with van der Waals surface area (Å²) in [6, 6.07) is 1.72. The summed E-state index contributed by atoms with van der Waals surface area (Å²) >= 11 is 1.42. The highest BCUT2D eigenvalue weighted by Gasteiger charge is 2.27. The second kappa shape index (κ2) is 8.05. The number of carbonyl (C=O) groups is 1. The number of carbonyl (C=O) groups excluding carboxylic acids is 1. The van der Waals surface area contributed by atoms with E-state index < -0.39 is 0 Å². The van der Waals surface area contributed by atoms with E-state index in [-0.39, 0.29) is 23.2 Å². The van der Waals surface area contributed by atoms with Gasteiger partial charge in [0.25, 0.3) is 5.56 Å². The first-order valence-electron chi connectivity index (χ1n) is 8.44. The zero-order valence-electron chi connectivity index (χ0n) is 14.9. The molecule has 3 atom stereocenters. The Bertz CT molecular complexity index is 710. The number of thioether (sulfide) groups is 1. The van der Waals surface area contributed by atoms with Gasteiger partial charge < -0.3 is 5.32 Å². The number of rotatable bonds is 5. The Balaban J connectivity index is 1.87. The molecular formula is C17H27N3O3S. The molecule has 1 aromatic rings. The van der Waals surface area contributed by atoms with Gasteiger partial charge in [-0.1, -0.05) is 26.7 Å². The maximum Gasteiger partial charge on any atom is 0.330 e. The summed E-state index contributed by atoms with van der Waals surface area (Å²) in [5.74, 6) is 1.98. The molecule has 1 N–H and O–H groups in total. The molecule has 0 aromatic carbocycles. The summed E-state index contributed by atoms with van der Waals surface area (Å²) in [6.07, 6.45) is 3.45. The van der Waals surface area contributed by atoms with Crippen LogP contribution < -0.4 is 16.6 Å². The van der Waals surface area contributed by atoms with E-state index in [0.29, 0.717) is 29.0 Å². The van der Waals surface area contributed by atoms with Crippen LogP contribution in [0, 0.1) is 11.8 Å². The highest BCUT2D eigenvalue weighted by Crippen LogP contribution is 2.29. The fraction of sp³-hybridized carbons (Fsp3) is 0.706. The van der Waals surface area contributed by atoms with Crippen LogP contribution in [0.25, 0.3) is 0 Å². The first kappa shape index (κ1) is 18.8. The van der Waals surface area contributed by atoms with Crippen molar-refractivity contribution < 1.29 is 4.79 Å². The summed E-state index contributed by atoms with van der Waals surface area (Å²) in [6.45, 7) is 4.45. The van der Waals surface area contributed by atoms with E-state index >= 15 is 0 Å². The van der Waals surface area contributed by atoms with Crippen LogP contribution in [0.3, 0.4) is 0 Å². The van der Waals surface area contributed by atoms with Crippen LogP contribution in [0.4, 0.5) is 0 Å². The number of nitrogens with one attached hydrogen (secondary N) is 1. The highest BCUT2D eigenvalue weighted by molar-refractivity contribution is 7.99. The second-order valence-electron chi connectivity index (χ2n) is 6.81. The Hall–Kier alpha value is -1.50. The molecule has 134 valence electrons. The number of hydrogen-bond acceptors (Lipinski definition) is 4. The van der Waals surface area contributed by atoms with E-state index in [1.807, 2.05) is 0 Å². The molecule has 1 saturated carbocycles. The first-order valence-corrected chi connectivity index (χ1v) is 9.59. The van der Waals surface area contributed by atoms with Crippen LogP contribution in [-0.4, -0.2) is 26.8 Å².